The molecule has 1 atom stereocenters. The number of likely N-dealkylation sites (tertiary alicyclic amines) is 1. The van der Waals surface area contributed by atoms with Crippen molar-refractivity contribution in [2.24, 2.45) is 0 Å². The number of aryl methyl sites for hydroxylation is 1. The van der Waals surface area contributed by atoms with Crippen LogP contribution in [0.3, 0.4) is 0 Å². The smallest absolute Gasteiger partial charge is 0.254 e. The fourth-order valence-electron chi connectivity index (χ4n) is 2.58. The molecular weight excluding hydrogens is 254 g/mol. The van der Waals surface area contributed by atoms with E-state index in [1.165, 1.54) is 0 Å². The van der Waals surface area contributed by atoms with Crippen LogP contribution in [0.25, 0.3) is 0 Å². The summed E-state index contributed by atoms with van der Waals surface area (Å²) in [6.07, 6.45) is 1.78. The van der Waals surface area contributed by atoms with Gasteiger partial charge in [0.15, 0.2) is 0 Å². The molecule has 1 heterocycles. The molecular formula is C16H19NO3. The van der Waals surface area contributed by atoms with Gasteiger partial charge in [0, 0.05) is 17.7 Å². The molecule has 1 aromatic carbocycles. The second kappa shape index (κ2) is 6.56. The molecule has 0 spiro atoms. The Morgan fingerprint density at radius 3 is 2.90 bits per heavy atom. The van der Waals surface area contributed by atoms with Gasteiger partial charge in [-0.1, -0.05) is 11.8 Å². The van der Waals surface area contributed by atoms with Crippen LogP contribution in [0.2, 0.25) is 0 Å². The number of nitrogens with zero attached hydrogens (tertiary/aromatic N) is 1. The third-order valence-electron chi connectivity index (χ3n) is 3.48. The first-order valence-corrected chi connectivity index (χ1v) is 6.79. The van der Waals surface area contributed by atoms with Crippen molar-refractivity contribution in [1.82, 2.24) is 4.90 Å². The van der Waals surface area contributed by atoms with Gasteiger partial charge in [0.05, 0.1) is 12.6 Å². The molecule has 0 bridgehead atoms. The van der Waals surface area contributed by atoms with Crippen LogP contribution in [0.15, 0.2) is 18.2 Å². The lowest BCUT2D eigenvalue weighted by Crippen LogP contribution is -2.37. The molecule has 1 aliphatic heterocycles. The molecule has 0 aliphatic carbocycles. The lowest BCUT2D eigenvalue weighted by atomic mass is 10.1. The quantitative estimate of drug-likeness (QED) is 0.788. The minimum Gasteiger partial charge on any atom is -0.394 e. The molecule has 2 rings (SSSR count). The number of rotatable bonds is 2. The Morgan fingerprint density at radius 2 is 2.20 bits per heavy atom. The number of hydrogen-bond acceptors (Lipinski definition) is 3. The maximum atomic E-state index is 12.5. The highest BCUT2D eigenvalue weighted by Gasteiger charge is 2.28. The van der Waals surface area contributed by atoms with Crippen LogP contribution in [-0.4, -0.2) is 46.8 Å². The fraction of sp³-hybridized carbons (Fsp3) is 0.438. The van der Waals surface area contributed by atoms with Gasteiger partial charge in [-0.3, -0.25) is 4.79 Å². The Kier molecular flexibility index (Phi) is 4.78. The van der Waals surface area contributed by atoms with Gasteiger partial charge in [0.2, 0.25) is 0 Å². The number of amides is 1. The van der Waals surface area contributed by atoms with E-state index in [1.807, 2.05) is 19.1 Å². The number of carbonyl (C=O) groups is 1. The summed E-state index contributed by atoms with van der Waals surface area (Å²) in [5, 5.41) is 18.1. The largest absolute Gasteiger partial charge is 0.394 e. The van der Waals surface area contributed by atoms with Crippen LogP contribution in [0.4, 0.5) is 0 Å². The van der Waals surface area contributed by atoms with Gasteiger partial charge < -0.3 is 15.1 Å². The summed E-state index contributed by atoms with van der Waals surface area (Å²) in [6.45, 7) is 2.41. The molecule has 1 aliphatic rings. The van der Waals surface area contributed by atoms with E-state index < -0.39 is 0 Å². The zero-order valence-electron chi connectivity index (χ0n) is 11.6. The van der Waals surface area contributed by atoms with E-state index in [4.69, 9.17) is 5.11 Å². The molecule has 20 heavy (non-hydrogen) atoms. The summed E-state index contributed by atoms with van der Waals surface area (Å²) in [6, 6.07) is 5.38. The Balaban J connectivity index is 2.27. The minimum absolute atomic E-state index is 0.00866. The number of hydrogen-bond donors (Lipinski definition) is 2. The third kappa shape index (κ3) is 3.19. The molecule has 1 fully saturated rings. The summed E-state index contributed by atoms with van der Waals surface area (Å²) >= 11 is 0. The van der Waals surface area contributed by atoms with Crippen LogP contribution in [0, 0.1) is 18.8 Å². The van der Waals surface area contributed by atoms with Gasteiger partial charge in [0.1, 0.15) is 6.61 Å². The predicted molar refractivity (Wildman–Crippen MR) is 76.3 cm³/mol. The summed E-state index contributed by atoms with van der Waals surface area (Å²) in [4.78, 5) is 14.2. The van der Waals surface area contributed by atoms with Gasteiger partial charge in [-0.2, -0.15) is 0 Å². The van der Waals surface area contributed by atoms with Crippen LogP contribution in [0.5, 0.6) is 0 Å². The fourth-order valence-corrected chi connectivity index (χ4v) is 2.58. The van der Waals surface area contributed by atoms with Crippen molar-refractivity contribution in [3.63, 3.8) is 0 Å². The third-order valence-corrected chi connectivity index (χ3v) is 3.48. The summed E-state index contributed by atoms with van der Waals surface area (Å²) in [5.41, 5.74) is 2.27. The highest BCUT2D eigenvalue weighted by Crippen LogP contribution is 2.20. The van der Waals surface area contributed by atoms with Crippen molar-refractivity contribution in [2.45, 2.75) is 25.8 Å². The van der Waals surface area contributed by atoms with E-state index in [1.54, 1.807) is 11.0 Å². The SMILES string of the molecule is Cc1cc(C#CCO)cc(C(=O)N2CCCC2CO)c1. The van der Waals surface area contributed by atoms with Crippen LogP contribution in [0.1, 0.15) is 34.3 Å². The molecule has 4 heteroatoms. The zero-order valence-corrected chi connectivity index (χ0v) is 11.6. The molecule has 1 saturated heterocycles. The molecule has 0 saturated carbocycles. The summed E-state index contributed by atoms with van der Waals surface area (Å²) < 4.78 is 0. The number of aliphatic hydroxyl groups excluding tert-OH is 2. The average Bonchev–Trinajstić information content (AvgIpc) is 2.92. The lowest BCUT2D eigenvalue weighted by Gasteiger charge is -2.23. The molecule has 0 radical (unpaired) electrons. The van der Waals surface area contributed by atoms with E-state index in [-0.39, 0.29) is 25.2 Å². The molecule has 1 amide bonds. The Bertz CT molecular complexity index is 557. The van der Waals surface area contributed by atoms with Gasteiger partial charge in [-0.25, -0.2) is 0 Å². The molecule has 1 aromatic rings. The molecule has 4 nitrogen and oxygen atoms in total. The van der Waals surface area contributed by atoms with Crippen molar-refractivity contribution >= 4 is 5.91 Å². The first kappa shape index (κ1) is 14.6. The second-order valence-electron chi connectivity index (χ2n) is 5.02. The first-order chi connectivity index (χ1) is 9.65. The zero-order chi connectivity index (χ0) is 14.5. The second-order valence-corrected chi connectivity index (χ2v) is 5.02. The Hall–Kier alpha value is -1.83. The standard InChI is InChI=1S/C16H19NO3/c1-12-8-13(4-3-7-18)10-14(9-12)16(20)17-6-2-5-15(17)11-19/h8-10,15,18-19H,2,5-7,11H2,1H3. The molecule has 0 aromatic heterocycles. The maximum Gasteiger partial charge on any atom is 0.254 e. The van der Waals surface area contributed by atoms with E-state index in [0.29, 0.717) is 12.1 Å². The van der Waals surface area contributed by atoms with E-state index in [2.05, 4.69) is 11.8 Å². The van der Waals surface area contributed by atoms with Gasteiger partial charge in [-0.15, -0.1) is 0 Å². The first-order valence-electron chi connectivity index (χ1n) is 6.79. The number of carbonyl (C=O) groups excluding carboxylic acids is 1. The lowest BCUT2D eigenvalue weighted by molar-refractivity contribution is 0.0677. The summed E-state index contributed by atoms with van der Waals surface area (Å²) in [7, 11) is 0. The average molecular weight is 273 g/mol. The maximum absolute atomic E-state index is 12.5. The van der Waals surface area contributed by atoms with Crippen molar-refractivity contribution in [1.29, 1.82) is 0 Å². The van der Waals surface area contributed by atoms with E-state index in [9.17, 15) is 9.90 Å². The molecule has 106 valence electrons. The number of aliphatic hydroxyl groups is 2. The van der Waals surface area contributed by atoms with Crippen LogP contribution >= 0.6 is 0 Å². The van der Waals surface area contributed by atoms with Gasteiger partial charge in [-0.05, 0) is 43.5 Å². The van der Waals surface area contributed by atoms with Crippen LogP contribution < -0.4 is 0 Å². The van der Waals surface area contributed by atoms with Crippen molar-refractivity contribution < 1.29 is 15.0 Å². The van der Waals surface area contributed by atoms with Gasteiger partial charge >= 0.3 is 0 Å². The number of benzene rings is 1. The van der Waals surface area contributed by atoms with E-state index in [0.717, 1.165) is 24.0 Å². The molecule has 1 unspecified atom stereocenters. The molecule has 2 N–H and O–H groups in total. The highest BCUT2D eigenvalue weighted by atomic mass is 16.3. The Labute approximate surface area is 119 Å². The van der Waals surface area contributed by atoms with Crippen LogP contribution in [-0.2, 0) is 0 Å². The van der Waals surface area contributed by atoms with Gasteiger partial charge in [0.25, 0.3) is 5.91 Å². The topological polar surface area (TPSA) is 60.8 Å². The van der Waals surface area contributed by atoms with Crippen molar-refractivity contribution in [3.05, 3.63) is 34.9 Å². The Morgan fingerprint density at radius 1 is 1.40 bits per heavy atom. The van der Waals surface area contributed by atoms with Crippen molar-refractivity contribution in [3.8, 4) is 11.8 Å². The normalized spacial score (nSPS) is 17.8. The van der Waals surface area contributed by atoms with E-state index >= 15 is 0 Å². The monoisotopic (exact) mass is 273 g/mol. The minimum atomic E-state index is -0.198. The predicted octanol–water partition coefficient (Wildman–Crippen LogP) is 0.936. The van der Waals surface area contributed by atoms with Crippen molar-refractivity contribution in [2.75, 3.05) is 19.8 Å². The summed E-state index contributed by atoms with van der Waals surface area (Å²) in [5.74, 6) is 5.36. The highest BCUT2D eigenvalue weighted by molar-refractivity contribution is 5.95.